The number of carboxylic acids is 1. The second-order valence-electron chi connectivity index (χ2n) is 5.32. The molecule has 0 radical (unpaired) electrons. The summed E-state index contributed by atoms with van der Waals surface area (Å²) in [7, 11) is 1.56. The minimum atomic E-state index is -1.17. The number of rotatable bonds is 3. The smallest absolute Gasteiger partial charge is 0.336 e. The standard InChI is InChI=1S/C18H13ClFNO3/c1-9-5-11(24-2)3-4-12(9)16-8-14(18(22)23)13-6-10(19)7-15(20)17(13)21-16/h3-8H,1-2H3,(H,22,23). The van der Waals surface area contributed by atoms with E-state index < -0.39 is 11.8 Å². The van der Waals surface area contributed by atoms with E-state index in [1.165, 1.54) is 12.1 Å². The number of methoxy groups -OCH3 is 1. The summed E-state index contributed by atoms with van der Waals surface area (Å²) < 4.78 is 19.4. The first-order valence-electron chi connectivity index (χ1n) is 7.09. The topological polar surface area (TPSA) is 59.4 Å². The molecule has 0 aliphatic rings. The number of ether oxygens (including phenoxy) is 1. The van der Waals surface area contributed by atoms with Crippen LogP contribution in [0.5, 0.6) is 5.75 Å². The van der Waals surface area contributed by atoms with Gasteiger partial charge in [-0.05, 0) is 48.9 Å². The summed E-state index contributed by atoms with van der Waals surface area (Å²) in [5.41, 5.74) is 1.85. The molecule has 0 unspecified atom stereocenters. The Bertz CT molecular complexity index is 972. The fraction of sp³-hybridized carbons (Fsp3) is 0.111. The van der Waals surface area contributed by atoms with Gasteiger partial charge in [-0.3, -0.25) is 0 Å². The van der Waals surface area contributed by atoms with Gasteiger partial charge in [0.25, 0.3) is 0 Å². The Morgan fingerprint density at radius 2 is 2.00 bits per heavy atom. The van der Waals surface area contributed by atoms with Crippen LogP contribution in [0, 0.1) is 12.7 Å². The van der Waals surface area contributed by atoms with Gasteiger partial charge in [0.2, 0.25) is 0 Å². The lowest BCUT2D eigenvalue weighted by atomic mass is 10.0. The molecule has 6 heteroatoms. The van der Waals surface area contributed by atoms with E-state index >= 15 is 0 Å². The van der Waals surface area contributed by atoms with Crippen LogP contribution < -0.4 is 4.74 Å². The van der Waals surface area contributed by atoms with Crippen LogP contribution >= 0.6 is 11.6 Å². The summed E-state index contributed by atoms with van der Waals surface area (Å²) in [6.07, 6.45) is 0. The van der Waals surface area contributed by atoms with Gasteiger partial charge in [0, 0.05) is 16.0 Å². The number of pyridine rings is 1. The molecule has 0 atom stereocenters. The molecular formula is C18H13ClFNO3. The number of aromatic nitrogens is 1. The minimum Gasteiger partial charge on any atom is -0.497 e. The zero-order chi connectivity index (χ0) is 17.4. The third-order valence-electron chi connectivity index (χ3n) is 3.77. The number of hydrogen-bond donors (Lipinski definition) is 1. The maximum absolute atomic E-state index is 14.2. The number of fused-ring (bicyclic) bond motifs is 1. The maximum Gasteiger partial charge on any atom is 0.336 e. The van der Waals surface area contributed by atoms with Crippen LogP contribution in [-0.2, 0) is 0 Å². The number of aromatic carboxylic acids is 1. The summed E-state index contributed by atoms with van der Waals surface area (Å²) in [5, 5.41) is 9.77. The number of halogens is 2. The van der Waals surface area contributed by atoms with E-state index in [1.54, 1.807) is 25.3 Å². The summed E-state index contributed by atoms with van der Waals surface area (Å²) in [5.74, 6) is -1.15. The van der Waals surface area contributed by atoms with Crippen molar-refractivity contribution >= 4 is 28.5 Å². The maximum atomic E-state index is 14.2. The lowest BCUT2D eigenvalue weighted by Gasteiger charge is -2.11. The molecule has 0 spiro atoms. The summed E-state index contributed by atoms with van der Waals surface area (Å²) in [6, 6.07) is 9.26. The minimum absolute atomic E-state index is 0.0236. The van der Waals surface area contributed by atoms with E-state index in [0.717, 1.165) is 11.6 Å². The molecule has 2 aromatic carbocycles. The molecule has 1 aromatic heterocycles. The highest BCUT2D eigenvalue weighted by Crippen LogP contribution is 2.31. The van der Waals surface area contributed by atoms with Gasteiger partial charge in [-0.25, -0.2) is 14.2 Å². The van der Waals surface area contributed by atoms with E-state index in [1.807, 2.05) is 6.92 Å². The summed E-state index contributed by atoms with van der Waals surface area (Å²) in [6.45, 7) is 1.85. The number of carbonyl (C=O) groups is 1. The van der Waals surface area contributed by atoms with Crippen molar-refractivity contribution in [3.8, 4) is 17.0 Å². The van der Waals surface area contributed by atoms with Crippen molar-refractivity contribution in [1.29, 1.82) is 0 Å². The molecule has 3 aromatic rings. The Morgan fingerprint density at radius 1 is 1.25 bits per heavy atom. The number of carboxylic acid groups (broad SMARTS) is 1. The second kappa shape index (κ2) is 6.09. The van der Waals surface area contributed by atoms with Gasteiger partial charge >= 0.3 is 5.97 Å². The first kappa shape index (κ1) is 16.2. The third-order valence-corrected chi connectivity index (χ3v) is 3.99. The summed E-state index contributed by atoms with van der Waals surface area (Å²) >= 11 is 5.84. The summed E-state index contributed by atoms with van der Waals surface area (Å²) in [4.78, 5) is 15.9. The van der Waals surface area contributed by atoms with Gasteiger partial charge in [-0.2, -0.15) is 0 Å². The molecule has 0 saturated carbocycles. The molecule has 0 amide bonds. The Labute approximate surface area is 142 Å². The Balaban J connectivity index is 2.32. The van der Waals surface area contributed by atoms with Gasteiger partial charge in [-0.1, -0.05) is 11.6 Å². The van der Waals surface area contributed by atoms with Crippen molar-refractivity contribution in [3.05, 3.63) is 58.4 Å². The van der Waals surface area contributed by atoms with Crippen molar-refractivity contribution < 1.29 is 19.0 Å². The van der Waals surface area contributed by atoms with Crippen LogP contribution in [0.2, 0.25) is 5.02 Å². The second-order valence-corrected chi connectivity index (χ2v) is 5.76. The number of nitrogens with zero attached hydrogens (tertiary/aromatic N) is 1. The number of hydrogen-bond acceptors (Lipinski definition) is 3. The molecular weight excluding hydrogens is 333 g/mol. The Morgan fingerprint density at radius 3 is 2.62 bits per heavy atom. The molecule has 0 aliphatic heterocycles. The highest BCUT2D eigenvalue weighted by Gasteiger charge is 2.17. The van der Waals surface area contributed by atoms with E-state index in [9.17, 15) is 14.3 Å². The molecule has 0 aliphatic carbocycles. The normalized spacial score (nSPS) is 10.8. The van der Waals surface area contributed by atoms with E-state index in [0.29, 0.717) is 17.0 Å². The average molecular weight is 346 g/mol. The van der Waals surface area contributed by atoms with Crippen molar-refractivity contribution in [3.63, 3.8) is 0 Å². The van der Waals surface area contributed by atoms with Gasteiger partial charge in [0.1, 0.15) is 11.3 Å². The van der Waals surface area contributed by atoms with Crippen LogP contribution in [0.25, 0.3) is 22.2 Å². The van der Waals surface area contributed by atoms with Crippen molar-refractivity contribution in [2.45, 2.75) is 6.92 Å². The number of aryl methyl sites for hydroxylation is 1. The lowest BCUT2D eigenvalue weighted by molar-refractivity contribution is 0.0699. The van der Waals surface area contributed by atoms with Gasteiger partial charge in [0.05, 0.1) is 18.4 Å². The van der Waals surface area contributed by atoms with E-state index in [2.05, 4.69) is 4.98 Å². The highest BCUT2D eigenvalue weighted by molar-refractivity contribution is 6.31. The van der Waals surface area contributed by atoms with Crippen LogP contribution in [0.4, 0.5) is 4.39 Å². The van der Waals surface area contributed by atoms with Crippen LogP contribution in [0.3, 0.4) is 0 Å². The predicted molar refractivity (Wildman–Crippen MR) is 90.4 cm³/mol. The molecule has 4 nitrogen and oxygen atoms in total. The zero-order valence-electron chi connectivity index (χ0n) is 12.9. The molecule has 0 fully saturated rings. The molecule has 122 valence electrons. The SMILES string of the molecule is COc1ccc(-c2cc(C(=O)O)c3cc(Cl)cc(F)c3n2)c(C)c1. The average Bonchev–Trinajstić information content (AvgIpc) is 2.53. The van der Waals surface area contributed by atoms with Crippen LogP contribution in [-0.4, -0.2) is 23.2 Å². The predicted octanol–water partition coefficient (Wildman–Crippen LogP) is 4.71. The van der Waals surface area contributed by atoms with Gasteiger partial charge < -0.3 is 9.84 Å². The third kappa shape index (κ3) is 2.78. The molecule has 0 saturated heterocycles. The largest absolute Gasteiger partial charge is 0.497 e. The molecule has 1 N–H and O–H groups in total. The van der Waals surface area contributed by atoms with Gasteiger partial charge in [0.15, 0.2) is 5.82 Å². The van der Waals surface area contributed by atoms with Crippen molar-refractivity contribution in [2.75, 3.05) is 7.11 Å². The molecule has 1 heterocycles. The molecule has 0 bridgehead atoms. The Hall–Kier alpha value is -2.66. The van der Waals surface area contributed by atoms with Crippen molar-refractivity contribution in [1.82, 2.24) is 4.98 Å². The number of benzene rings is 2. The van der Waals surface area contributed by atoms with E-state index in [-0.39, 0.29) is 21.5 Å². The van der Waals surface area contributed by atoms with Crippen LogP contribution in [0.15, 0.2) is 36.4 Å². The monoisotopic (exact) mass is 345 g/mol. The zero-order valence-corrected chi connectivity index (χ0v) is 13.7. The molecule has 24 heavy (non-hydrogen) atoms. The lowest BCUT2D eigenvalue weighted by Crippen LogP contribution is -2.02. The van der Waals surface area contributed by atoms with Crippen LogP contribution in [0.1, 0.15) is 15.9 Å². The fourth-order valence-corrected chi connectivity index (χ4v) is 2.82. The Kier molecular flexibility index (Phi) is 4.11. The first-order valence-corrected chi connectivity index (χ1v) is 7.46. The van der Waals surface area contributed by atoms with E-state index in [4.69, 9.17) is 16.3 Å². The van der Waals surface area contributed by atoms with Crippen molar-refractivity contribution in [2.24, 2.45) is 0 Å². The molecule has 3 rings (SSSR count). The quantitative estimate of drug-likeness (QED) is 0.746. The first-order chi connectivity index (χ1) is 11.4. The van der Waals surface area contributed by atoms with Gasteiger partial charge in [-0.15, -0.1) is 0 Å². The highest BCUT2D eigenvalue weighted by atomic mass is 35.5. The fourth-order valence-electron chi connectivity index (χ4n) is 2.62.